The van der Waals surface area contributed by atoms with Gasteiger partial charge in [-0.25, -0.2) is 4.79 Å². The first-order chi connectivity index (χ1) is 8.67. The lowest BCUT2D eigenvalue weighted by Gasteiger charge is -2.06. The molecule has 1 heterocycles. The molecule has 0 fully saturated rings. The molecule has 1 aromatic carbocycles. The van der Waals surface area contributed by atoms with Gasteiger partial charge < -0.3 is 18.9 Å². The first-order valence-corrected chi connectivity index (χ1v) is 5.91. The Morgan fingerprint density at radius 2 is 1.72 bits per heavy atom. The maximum absolute atomic E-state index is 11.0. The molecule has 0 radical (unpaired) electrons. The van der Waals surface area contributed by atoms with Gasteiger partial charge in [0.15, 0.2) is 16.6 Å². The molecule has 5 nitrogen and oxygen atoms in total. The highest BCUT2D eigenvalue weighted by atomic mass is 32.1. The van der Waals surface area contributed by atoms with Gasteiger partial charge in [0, 0.05) is 22.2 Å². The fourth-order valence-corrected chi connectivity index (χ4v) is 2.43. The minimum absolute atomic E-state index is 0.465. The van der Waals surface area contributed by atoms with E-state index in [1.807, 2.05) is 12.1 Å². The minimum atomic E-state index is -0.736. The first kappa shape index (κ1) is 12.5. The van der Waals surface area contributed by atoms with Crippen LogP contribution in [0.1, 0.15) is 0 Å². The van der Waals surface area contributed by atoms with Crippen molar-refractivity contribution in [1.82, 2.24) is 0 Å². The number of carbonyl (C=O) groups excluding carboxylic acids is 1. The van der Waals surface area contributed by atoms with Crippen LogP contribution in [0.5, 0.6) is 16.6 Å². The number of ether oxygens (including phenoxy) is 4. The summed E-state index contributed by atoms with van der Waals surface area (Å²) in [5.41, 5.74) is 0. The van der Waals surface area contributed by atoms with E-state index >= 15 is 0 Å². The van der Waals surface area contributed by atoms with Crippen LogP contribution < -0.4 is 14.2 Å². The van der Waals surface area contributed by atoms with E-state index in [0.29, 0.717) is 16.6 Å². The molecule has 1 aromatic heterocycles. The highest BCUT2D eigenvalue weighted by molar-refractivity contribution is 7.20. The second kappa shape index (κ2) is 5.14. The lowest BCUT2D eigenvalue weighted by atomic mass is 10.2. The monoisotopic (exact) mass is 268 g/mol. The Hall–Kier alpha value is -1.95. The van der Waals surface area contributed by atoms with Crippen LogP contribution in [-0.2, 0) is 4.74 Å². The molecule has 0 saturated carbocycles. The van der Waals surface area contributed by atoms with Crippen LogP contribution in [0.4, 0.5) is 4.79 Å². The van der Waals surface area contributed by atoms with Crippen molar-refractivity contribution in [1.29, 1.82) is 0 Å². The normalized spacial score (nSPS) is 10.2. The van der Waals surface area contributed by atoms with Gasteiger partial charge in [0.2, 0.25) is 0 Å². The van der Waals surface area contributed by atoms with Gasteiger partial charge in [0.05, 0.1) is 21.3 Å². The summed E-state index contributed by atoms with van der Waals surface area (Å²) in [6, 6.07) is 5.41. The number of thiophene rings is 1. The van der Waals surface area contributed by atoms with E-state index in [1.165, 1.54) is 18.4 Å². The molecule has 0 aliphatic heterocycles. The third kappa shape index (κ3) is 2.33. The van der Waals surface area contributed by atoms with Gasteiger partial charge in [-0.2, -0.15) is 0 Å². The first-order valence-electron chi connectivity index (χ1n) is 5.09. The Morgan fingerprint density at radius 3 is 2.33 bits per heavy atom. The molecule has 0 amide bonds. The Kier molecular flexibility index (Phi) is 3.57. The van der Waals surface area contributed by atoms with Crippen molar-refractivity contribution < 1.29 is 23.7 Å². The minimum Gasteiger partial charge on any atom is -0.493 e. The van der Waals surface area contributed by atoms with E-state index in [9.17, 15) is 4.79 Å². The molecule has 0 atom stereocenters. The quantitative estimate of drug-likeness (QED) is 0.801. The average molecular weight is 268 g/mol. The van der Waals surface area contributed by atoms with Gasteiger partial charge in [0.1, 0.15) is 0 Å². The zero-order valence-corrected chi connectivity index (χ0v) is 11.0. The largest absolute Gasteiger partial charge is 0.514 e. The molecular formula is C12H12O5S. The maximum atomic E-state index is 11.0. The molecule has 0 aliphatic carbocycles. The van der Waals surface area contributed by atoms with Gasteiger partial charge in [-0.1, -0.05) is 11.3 Å². The summed E-state index contributed by atoms with van der Waals surface area (Å²) < 4.78 is 20.8. The molecule has 2 aromatic rings. The van der Waals surface area contributed by atoms with Crippen molar-refractivity contribution in [2.45, 2.75) is 0 Å². The van der Waals surface area contributed by atoms with Crippen molar-refractivity contribution in [2.75, 3.05) is 21.3 Å². The smallest absolute Gasteiger partial charge is 0.493 e. The zero-order chi connectivity index (χ0) is 13.1. The van der Waals surface area contributed by atoms with Gasteiger partial charge in [-0.3, -0.25) is 0 Å². The summed E-state index contributed by atoms with van der Waals surface area (Å²) in [4.78, 5) is 11.0. The molecule has 18 heavy (non-hydrogen) atoms. The maximum Gasteiger partial charge on any atom is 0.514 e. The van der Waals surface area contributed by atoms with Gasteiger partial charge >= 0.3 is 6.16 Å². The van der Waals surface area contributed by atoms with Crippen molar-refractivity contribution in [3.05, 3.63) is 18.2 Å². The van der Waals surface area contributed by atoms with E-state index in [2.05, 4.69) is 4.74 Å². The number of methoxy groups -OCH3 is 3. The highest BCUT2D eigenvalue weighted by Crippen LogP contribution is 2.39. The summed E-state index contributed by atoms with van der Waals surface area (Å²) in [6.45, 7) is 0. The summed E-state index contributed by atoms with van der Waals surface area (Å²) in [5, 5.41) is 1.38. The number of benzene rings is 1. The average Bonchev–Trinajstić information content (AvgIpc) is 2.77. The number of fused-ring (bicyclic) bond motifs is 1. The molecule has 0 spiro atoms. The van der Waals surface area contributed by atoms with Gasteiger partial charge in [-0.05, 0) is 6.07 Å². The number of rotatable bonds is 3. The summed E-state index contributed by atoms with van der Waals surface area (Å²) in [6.07, 6.45) is -0.736. The Labute approximate surface area is 108 Å². The van der Waals surface area contributed by atoms with E-state index in [0.717, 1.165) is 10.1 Å². The van der Waals surface area contributed by atoms with Gasteiger partial charge in [-0.15, -0.1) is 0 Å². The highest BCUT2D eigenvalue weighted by Gasteiger charge is 2.12. The molecular weight excluding hydrogens is 256 g/mol. The lowest BCUT2D eigenvalue weighted by molar-refractivity contribution is 0.123. The number of carbonyl (C=O) groups is 1. The third-order valence-corrected chi connectivity index (χ3v) is 3.33. The van der Waals surface area contributed by atoms with Crippen LogP contribution in [0.3, 0.4) is 0 Å². The SMILES string of the molecule is COC(=O)Oc1cc2cc(OC)c(OC)cc2s1. The lowest BCUT2D eigenvalue weighted by Crippen LogP contribution is -2.05. The van der Waals surface area contributed by atoms with E-state index in [4.69, 9.17) is 14.2 Å². The molecule has 0 aliphatic rings. The zero-order valence-electron chi connectivity index (χ0n) is 10.2. The van der Waals surface area contributed by atoms with Crippen LogP contribution in [0.15, 0.2) is 18.2 Å². The summed E-state index contributed by atoms with van der Waals surface area (Å²) >= 11 is 1.33. The van der Waals surface area contributed by atoms with Crippen LogP contribution in [0.25, 0.3) is 10.1 Å². The van der Waals surface area contributed by atoms with E-state index in [1.54, 1.807) is 20.3 Å². The predicted octanol–water partition coefficient (Wildman–Crippen LogP) is 3.06. The molecule has 6 heteroatoms. The number of hydrogen-bond acceptors (Lipinski definition) is 6. The van der Waals surface area contributed by atoms with Gasteiger partial charge in [0.25, 0.3) is 0 Å². The van der Waals surface area contributed by atoms with Crippen molar-refractivity contribution in [2.24, 2.45) is 0 Å². The molecule has 0 saturated heterocycles. The molecule has 96 valence electrons. The fourth-order valence-electron chi connectivity index (χ4n) is 1.52. The second-order valence-corrected chi connectivity index (χ2v) is 4.41. The molecule has 0 N–H and O–H groups in total. The summed E-state index contributed by atoms with van der Waals surface area (Å²) in [7, 11) is 4.41. The third-order valence-electron chi connectivity index (χ3n) is 2.35. The Morgan fingerprint density at radius 1 is 1.06 bits per heavy atom. The van der Waals surface area contributed by atoms with Crippen LogP contribution in [0.2, 0.25) is 0 Å². The van der Waals surface area contributed by atoms with Crippen LogP contribution in [-0.4, -0.2) is 27.5 Å². The van der Waals surface area contributed by atoms with E-state index < -0.39 is 6.16 Å². The Bertz CT molecular complexity index is 534. The van der Waals surface area contributed by atoms with E-state index in [-0.39, 0.29) is 0 Å². The Balaban J connectivity index is 2.41. The predicted molar refractivity (Wildman–Crippen MR) is 68.0 cm³/mol. The fraction of sp³-hybridized carbons (Fsp3) is 0.250. The van der Waals surface area contributed by atoms with Crippen molar-refractivity contribution in [3.63, 3.8) is 0 Å². The number of hydrogen-bond donors (Lipinski definition) is 0. The second-order valence-electron chi connectivity index (χ2n) is 3.37. The van der Waals surface area contributed by atoms with Crippen molar-refractivity contribution >= 4 is 27.6 Å². The van der Waals surface area contributed by atoms with Crippen LogP contribution >= 0.6 is 11.3 Å². The van der Waals surface area contributed by atoms with Crippen LogP contribution in [0, 0.1) is 0 Å². The molecule has 0 unspecified atom stereocenters. The summed E-state index contributed by atoms with van der Waals surface area (Å²) in [5.74, 6) is 1.27. The standard InChI is InChI=1S/C12H12O5S/c1-14-8-4-7-5-11(17-12(13)16-3)18-10(7)6-9(8)15-2/h4-6H,1-3H3. The topological polar surface area (TPSA) is 54.0 Å². The molecule has 0 bridgehead atoms. The molecule has 2 rings (SSSR count). The van der Waals surface area contributed by atoms with Crippen molar-refractivity contribution in [3.8, 4) is 16.6 Å².